The highest BCUT2D eigenvalue weighted by molar-refractivity contribution is 8.69. The number of fused-ring (bicyclic) bond motifs is 3. The number of hydrogen-bond donors (Lipinski definition) is 0. The molecule has 86 valence electrons. The molecular formula is C14H12OS2. The van der Waals surface area contributed by atoms with Gasteiger partial charge in [0.15, 0.2) is 0 Å². The summed E-state index contributed by atoms with van der Waals surface area (Å²) in [6.45, 7) is 4.10. The fourth-order valence-electron chi connectivity index (χ4n) is 2.04. The molecule has 17 heavy (non-hydrogen) atoms. The average molecular weight is 260 g/mol. The van der Waals surface area contributed by atoms with E-state index in [2.05, 4.69) is 37.3 Å². The van der Waals surface area contributed by atoms with E-state index in [1.54, 1.807) is 0 Å². The first kappa shape index (κ1) is 11.1. The van der Waals surface area contributed by atoms with Crippen molar-refractivity contribution in [3.05, 3.63) is 47.5 Å². The van der Waals surface area contributed by atoms with E-state index in [1.165, 1.54) is 21.9 Å². The number of hydrogen-bond acceptors (Lipinski definition) is 2. The first-order chi connectivity index (χ1) is 8.15. The zero-order valence-corrected chi connectivity index (χ0v) is 11.3. The molecule has 0 N–H and O–H groups in total. The molecule has 0 bridgehead atoms. The second-order valence-electron chi connectivity index (χ2n) is 4.32. The van der Waals surface area contributed by atoms with Crippen molar-refractivity contribution in [2.45, 2.75) is 23.6 Å². The first-order valence-electron chi connectivity index (χ1n) is 5.47. The topological polar surface area (TPSA) is 17.1 Å². The summed E-state index contributed by atoms with van der Waals surface area (Å²) in [6.07, 6.45) is 0. The highest BCUT2D eigenvalue weighted by atomic mass is 33.1. The highest BCUT2D eigenvalue weighted by Gasteiger charge is 2.22. The van der Waals surface area contributed by atoms with Gasteiger partial charge in [0.05, 0.1) is 4.90 Å². The van der Waals surface area contributed by atoms with Gasteiger partial charge in [0.2, 0.25) is 0 Å². The molecule has 0 saturated heterocycles. The lowest BCUT2D eigenvalue weighted by molar-refractivity contribution is 0.691. The molecule has 2 aromatic carbocycles. The van der Waals surface area contributed by atoms with Gasteiger partial charge in [-0.25, -0.2) is 4.21 Å². The van der Waals surface area contributed by atoms with Crippen LogP contribution in [0, 0.1) is 13.8 Å². The summed E-state index contributed by atoms with van der Waals surface area (Å²) in [7, 11) is 0.471. The Balaban J connectivity index is 2.30. The number of benzene rings is 2. The van der Waals surface area contributed by atoms with Crippen LogP contribution < -0.4 is 0 Å². The summed E-state index contributed by atoms with van der Waals surface area (Å²) < 4.78 is 12.2. The van der Waals surface area contributed by atoms with Crippen LogP contribution in [0.1, 0.15) is 11.1 Å². The van der Waals surface area contributed by atoms with E-state index in [9.17, 15) is 4.21 Å². The Morgan fingerprint density at radius 3 is 2.35 bits per heavy atom. The number of aryl methyl sites for hydroxylation is 2. The second-order valence-corrected chi connectivity index (χ2v) is 7.24. The van der Waals surface area contributed by atoms with Crippen LogP contribution in [-0.4, -0.2) is 4.21 Å². The fraction of sp³-hybridized carbons (Fsp3) is 0.143. The fourth-order valence-corrected chi connectivity index (χ4v) is 5.02. The molecule has 0 aromatic heterocycles. The highest BCUT2D eigenvalue weighted by Crippen LogP contribution is 2.44. The molecule has 0 spiro atoms. The first-order valence-corrected chi connectivity index (χ1v) is 7.95. The molecule has 1 aliphatic rings. The molecule has 0 amide bonds. The maximum Gasteiger partial charge on any atom is 0.118 e. The molecule has 2 aromatic rings. The summed E-state index contributed by atoms with van der Waals surface area (Å²) in [5.41, 5.74) is 4.69. The Morgan fingerprint density at radius 1 is 0.941 bits per heavy atom. The predicted octanol–water partition coefficient (Wildman–Crippen LogP) is 4.10. The Labute approximate surface area is 107 Å². The van der Waals surface area contributed by atoms with Crippen LogP contribution in [0.25, 0.3) is 11.1 Å². The SMILES string of the molecule is Cc1ccc2c(c1)SS(=O)c1cc(C)ccc1-2. The second kappa shape index (κ2) is 4.00. The van der Waals surface area contributed by atoms with Gasteiger partial charge in [-0.05, 0) is 59.0 Å². The van der Waals surface area contributed by atoms with Crippen LogP contribution in [-0.2, 0) is 9.83 Å². The van der Waals surface area contributed by atoms with E-state index < -0.39 is 9.83 Å². The monoisotopic (exact) mass is 260 g/mol. The summed E-state index contributed by atoms with van der Waals surface area (Å²) in [5, 5.41) is 0. The summed E-state index contributed by atoms with van der Waals surface area (Å²) in [5.74, 6) is 0. The third-order valence-corrected chi connectivity index (χ3v) is 5.81. The van der Waals surface area contributed by atoms with Gasteiger partial charge in [0.1, 0.15) is 9.83 Å². The predicted molar refractivity (Wildman–Crippen MR) is 73.6 cm³/mol. The van der Waals surface area contributed by atoms with Crippen molar-refractivity contribution < 1.29 is 4.21 Å². The molecule has 3 heteroatoms. The quantitative estimate of drug-likeness (QED) is 0.663. The zero-order chi connectivity index (χ0) is 12.0. The van der Waals surface area contributed by atoms with Gasteiger partial charge in [0.25, 0.3) is 0 Å². The van der Waals surface area contributed by atoms with E-state index in [1.807, 2.05) is 13.0 Å². The summed E-state index contributed by atoms with van der Waals surface area (Å²) in [4.78, 5) is 2.08. The van der Waals surface area contributed by atoms with Crippen LogP contribution in [0.15, 0.2) is 46.2 Å². The molecule has 1 aliphatic heterocycles. The van der Waals surface area contributed by atoms with Gasteiger partial charge < -0.3 is 0 Å². The van der Waals surface area contributed by atoms with Crippen molar-refractivity contribution in [2.75, 3.05) is 0 Å². The minimum atomic E-state index is -0.978. The van der Waals surface area contributed by atoms with Crippen LogP contribution in [0.2, 0.25) is 0 Å². The van der Waals surface area contributed by atoms with Crippen molar-refractivity contribution in [1.29, 1.82) is 0 Å². The lowest BCUT2D eigenvalue weighted by atomic mass is 10.0. The van der Waals surface area contributed by atoms with Gasteiger partial charge in [-0.2, -0.15) is 0 Å². The molecule has 1 heterocycles. The molecule has 0 saturated carbocycles. The third kappa shape index (κ3) is 1.83. The summed E-state index contributed by atoms with van der Waals surface area (Å²) in [6, 6.07) is 12.5. The standard InChI is InChI=1S/C14H12OS2/c1-9-3-5-11-12-6-4-10(2)8-14(12)17(15)16-13(11)7-9/h3-8H,1-2H3. The Kier molecular flexibility index (Phi) is 2.60. The van der Waals surface area contributed by atoms with Crippen molar-refractivity contribution in [1.82, 2.24) is 0 Å². The van der Waals surface area contributed by atoms with Gasteiger partial charge in [-0.15, -0.1) is 0 Å². The Bertz CT molecular complexity index is 632. The molecule has 1 atom stereocenters. The van der Waals surface area contributed by atoms with Crippen LogP contribution in [0.4, 0.5) is 0 Å². The van der Waals surface area contributed by atoms with Gasteiger partial charge in [-0.1, -0.05) is 24.3 Å². The molecule has 1 unspecified atom stereocenters. The third-order valence-electron chi connectivity index (χ3n) is 2.91. The minimum absolute atomic E-state index is 0.950. The van der Waals surface area contributed by atoms with Crippen molar-refractivity contribution in [2.24, 2.45) is 0 Å². The average Bonchev–Trinajstić information content (AvgIpc) is 2.29. The van der Waals surface area contributed by atoms with Crippen molar-refractivity contribution in [3.8, 4) is 11.1 Å². The van der Waals surface area contributed by atoms with Crippen molar-refractivity contribution in [3.63, 3.8) is 0 Å². The number of rotatable bonds is 0. The van der Waals surface area contributed by atoms with Crippen LogP contribution in [0.3, 0.4) is 0 Å². The molecular weight excluding hydrogens is 248 g/mol. The van der Waals surface area contributed by atoms with Crippen LogP contribution in [0.5, 0.6) is 0 Å². The smallest absolute Gasteiger partial charge is 0.118 e. The maximum absolute atomic E-state index is 12.2. The van der Waals surface area contributed by atoms with E-state index in [-0.39, 0.29) is 0 Å². The minimum Gasteiger partial charge on any atom is -0.242 e. The lowest BCUT2D eigenvalue weighted by Crippen LogP contribution is -1.99. The molecule has 0 fully saturated rings. The zero-order valence-electron chi connectivity index (χ0n) is 9.69. The van der Waals surface area contributed by atoms with E-state index in [0.717, 1.165) is 20.9 Å². The Morgan fingerprint density at radius 2 is 1.59 bits per heavy atom. The van der Waals surface area contributed by atoms with Crippen molar-refractivity contribution >= 4 is 20.6 Å². The van der Waals surface area contributed by atoms with E-state index in [0.29, 0.717) is 0 Å². The van der Waals surface area contributed by atoms with Gasteiger partial charge in [0, 0.05) is 4.90 Å². The lowest BCUT2D eigenvalue weighted by Gasteiger charge is -2.19. The Hall–Kier alpha value is -1.06. The molecule has 3 rings (SSSR count). The van der Waals surface area contributed by atoms with E-state index in [4.69, 9.17) is 0 Å². The van der Waals surface area contributed by atoms with Gasteiger partial charge >= 0.3 is 0 Å². The molecule has 1 nitrogen and oxygen atoms in total. The normalized spacial score (nSPS) is 17.4. The van der Waals surface area contributed by atoms with E-state index >= 15 is 0 Å². The maximum atomic E-state index is 12.2. The van der Waals surface area contributed by atoms with Crippen LogP contribution >= 0.6 is 10.8 Å². The summed E-state index contributed by atoms with van der Waals surface area (Å²) >= 11 is 0. The molecule has 0 radical (unpaired) electrons. The largest absolute Gasteiger partial charge is 0.242 e. The van der Waals surface area contributed by atoms with Gasteiger partial charge in [-0.3, -0.25) is 0 Å². The molecule has 0 aliphatic carbocycles.